The third-order valence-corrected chi connectivity index (χ3v) is 2.33. The fourth-order valence-electron chi connectivity index (χ4n) is 1.42. The Morgan fingerprint density at radius 1 is 1.30 bits per heavy atom. The third-order valence-electron chi connectivity index (χ3n) is 2.33. The molecule has 0 amide bonds. The van der Waals surface area contributed by atoms with Gasteiger partial charge in [-0.1, -0.05) is 27.2 Å². The minimum atomic E-state index is 0.519. The second-order valence-corrected chi connectivity index (χ2v) is 3.08. The van der Waals surface area contributed by atoms with Crippen LogP contribution in [0.25, 0.3) is 0 Å². The van der Waals surface area contributed by atoms with E-state index in [2.05, 4.69) is 20.8 Å². The molecule has 1 heteroatoms. The maximum absolute atomic E-state index is 7.49. The van der Waals surface area contributed by atoms with Gasteiger partial charge in [-0.2, -0.15) is 0 Å². The van der Waals surface area contributed by atoms with Crippen molar-refractivity contribution >= 4 is 5.71 Å². The predicted molar refractivity (Wildman–Crippen MR) is 46.6 cm³/mol. The second-order valence-electron chi connectivity index (χ2n) is 3.08. The largest absolute Gasteiger partial charge is 0.310 e. The van der Waals surface area contributed by atoms with E-state index < -0.39 is 0 Å². The van der Waals surface area contributed by atoms with Crippen molar-refractivity contribution in [1.82, 2.24) is 0 Å². The quantitative estimate of drug-likeness (QED) is 0.582. The van der Waals surface area contributed by atoms with Gasteiger partial charge in [0.1, 0.15) is 0 Å². The Hall–Kier alpha value is -0.330. The average molecular weight is 141 g/mol. The molecule has 0 aromatic heterocycles. The Bertz CT molecular complexity index is 107. The van der Waals surface area contributed by atoms with E-state index in [-0.39, 0.29) is 0 Å². The summed E-state index contributed by atoms with van der Waals surface area (Å²) in [4.78, 5) is 0. The molecule has 1 nitrogen and oxygen atoms in total. The van der Waals surface area contributed by atoms with Crippen molar-refractivity contribution in [1.29, 1.82) is 5.41 Å². The van der Waals surface area contributed by atoms with Crippen LogP contribution in [-0.4, -0.2) is 5.71 Å². The molecule has 0 spiro atoms. The molecule has 60 valence electrons. The van der Waals surface area contributed by atoms with Crippen LogP contribution >= 0.6 is 0 Å². The van der Waals surface area contributed by atoms with E-state index in [0.29, 0.717) is 11.8 Å². The van der Waals surface area contributed by atoms with Crippen LogP contribution in [-0.2, 0) is 0 Å². The molecule has 0 radical (unpaired) electrons. The van der Waals surface area contributed by atoms with Gasteiger partial charge in [0.05, 0.1) is 0 Å². The Labute approximate surface area is 64.3 Å². The zero-order chi connectivity index (χ0) is 8.15. The van der Waals surface area contributed by atoms with E-state index >= 15 is 0 Å². The normalized spacial score (nSPS) is 16.4. The Kier molecular flexibility index (Phi) is 4.33. The molecule has 0 heterocycles. The zero-order valence-corrected chi connectivity index (χ0v) is 7.57. The topological polar surface area (TPSA) is 23.9 Å². The van der Waals surface area contributed by atoms with E-state index in [1.165, 1.54) is 6.42 Å². The summed E-state index contributed by atoms with van der Waals surface area (Å²) < 4.78 is 0. The molecule has 0 fully saturated rings. The minimum absolute atomic E-state index is 0.519. The molecule has 0 aromatic rings. The van der Waals surface area contributed by atoms with Crippen LogP contribution in [0.2, 0.25) is 0 Å². The summed E-state index contributed by atoms with van der Waals surface area (Å²) in [5.74, 6) is 1.20. The van der Waals surface area contributed by atoms with Crippen molar-refractivity contribution < 1.29 is 0 Å². The minimum Gasteiger partial charge on any atom is -0.310 e. The maximum Gasteiger partial charge on any atom is 0.00916 e. The maximum atomic E-state index is 7.49. The van der Waals surface area contributed by atoms with Gasteiger partial charge in [0, 0.05) is 5.71 Å². The third kappa shape index (κ3) is 2.51. The van der Waals surface area contributed by atoms with E-state index in [4.69, 9.17) is 5.41 Å². The molecule has 0 aliphatic heterocycles. The lowest BCUT2D eigenvalue weighted by atomic mass is 9.86. The van der Waals surface area contributed by atoms with Crippen LogP contribution in [0.15, 0.2) is 0 Å². The number of rotatable bonds is 4. The van der Waals surface area contributed by atoms with Crippen LogP contribution in [0.1, 0.15) is 40.5 Å². The summed E-state index contributed by atoms with van der Waals surface area (Å²) in [5.41, 5.74) is 0.844. The lowest BCUT2D eigenvalue weighted by molar-refractivity contribution is 0.427. The molecule has 0 rings (SSSR count). The highest BCUT2D eigenvalue weighted by molar-refractivity contribution is 5.81. The van der Waals surface area contributed by atoms with Crippen molar-refractivity contribution in [2.75, 3.05) is 0 Å². The summed E-state index contributed by atoms with van der Waals surface area (Å²) in [6.45, 7) is 8.50. The summed E-state index contributed by atoms with van der Waals surface area (Å²) in [5, 5.41) is 7.49. The van der Waals surface area contributed by atoms with Crippen molar-refractivity contribution in [3.63, 3.8) is 0 Å². The van der Waals surface area contributed by atoms with Gasteiger partial charge in [-0.15, -0.1) is 0 Å². The monoisotopic (exact) mass is 141 g/mol. The Balaban J connectivity index is 3.92. The van der Waals surface area contributed by atoms with Crippen LogP contribution in [0, 0.1) is 17.2 Å². The zero-order valence-electron chi connectivity index (χ0n) is 7.57. The highest BCUT2D eigenvalue weighted by Gasteiger charge is 2.14. The standard InChI is InChI=1S/C9H19N/c1-5-7(3)9(6-2)8(4)10/h7,9-10H,5-6H2,1-4H3. The lowest BCUT2D eigenvalue weighted by Gasteiger charge is -2.19. The van der Waals surface area contributed by atoms with E-state index in [0.717, 1.165) is 12.1 Å². The van der Waals surface area contributed by atoms with Crippen LogP contribution in [0.4, 0.5) is 0 Å². The Morgan fingerprint density at radius 2 is 1.80 bits per heavy atom. The second kappa shape index (κ2) is 4.48. The van der Waals surface area contributed by atoms with Gasteiger partial charge >= 0.3 is 0 Å². The molecule has 10 heavy (non-hydrogen) atoms. The molecular weight excluding hydrogens is 122 g/mol. The van der Waals surface area contributed by atoms with Gasteiger partial charge in [-0.25, -0.2) is 0 Å². The first-order valence-corrected chi connectivity index (χ1v) is 4.18. The van der Waals surface area contributed by atoms with Gasteiger partial charge in [0.15, 0.2) is 0 Å². The molecule has 0 saturated heterocycles. The van der Waals surface area contributed by atoms with Crippen LogP contribution in [0.5, 0.6) is 0 Å². The van der Waals surface area contributed by atoms with Gasteiger partial charge in [0.2, 0.25) is 0 Å². The molecule has 0 saturated carbocycles. The molecule has 2 unspecified atom stereocenters. The number of hydrogen-bond donors (Lipinski definition) is 1. The van der Waals surface area contributed by atoms with Gasteiger partial charge < -0.3 is 5.41 Å². The average Bonchev–Trinajstić information content (AvgIpc) is 1.88. The first-order valence-electron chi connectivity index (χ1n) is 4.18. The molecule has 0 aliphatic carbocycles. The summed E-state index contributed by atoms with van der Waals surface area (Å²) in [6.07, 6.45) is 2.30. The molecule has 0 aromatic carbocycles. The first-order chi connectivity index (χ1) is 4.63. The highest BCUT2D eigenvalue weighted by atomic mass is 14.4. The SMILES string of the molecule is CCC(C)C(CC)C(C)=N. The number of hydrogen-bond acceptors (Lipinski definition) is 1. The van der Waals surface area contributed by atoms with Crippen LogP contribution in [0.3, 0.4) is 0 Å². The van der Waals surface area contributed by atoms with Crippen molar-refractivity contribution in [2.45, 2.75) is 40.5 Å². The predicted octanol–water partition coefficient (Wildman–Crippen LogP) is 3.10. The van der Waals surface area contributed by atoms with Gasteiger partial charge in [-0.3, -0.25) is 0 Å². The number of nitrogens with one attached hydrogen (secondary N) is 1. The van der Waals surface area contributed by atoms with E-state index in [9.17, 15) is 0 Å². The smallest absolute Gasteiger partial charge is 0.00916 e. The van der Waals surface area contributed by atoms with Gasteiger partial charge in [-0.05, 0) is 25.2 Å². The summed E-state index contributed by atoms with van der Waals surface area (Å²) >= 11 is 0. The molecule has 0 bridgehead atoms. The Morgan fingerprint density at radius 3 is 1.90 bits per heavy atom. The van der Waals surface area contributed by atoms with E-state index in [1.807, 2.05) is 6.92 Å². The molecule has 2 atom stereocenters. The molecule has 1 N–H and O–H groups in total. The summed E-state index contributed by atoms with van der Waals surface area (Å²) in [6, 6.07) is 0. The van der Waals surface area contributed by atoms with Crippen molar-refractivity contribution in [3.8, 4) is 0 Å². The van der Waals surface area contributed by atoms with Crippen molar-refractivity contribution in [2.24, 2.45) is 11.8 Å². The fraction of sp³-hybridized carbons (Fsp3) is 0.889. The van der Waals surface area contributed by atoms with Gasteiger partial charge in [0.25, 0.3) is 0 Å². The molecular formula is C9H19N. The van der Waals surface area contributed by atoms with E-state index in [1.54, 1.807) is 0 Å². The molecule has 0 aliphatic rings. The van der Waals surface area contributed by atoms with Crippen molar-refractivity contribution in [3.05, 3.63) is 0 Å². The first kappa shape index (κ1) is 9.67. The lowest BCUT2D eigenvalue weighted by Crippen LogP contribution is -2.17. The highest BCUT2D eigenvalue weighted by Crippen LogP contribution is 2.19. The van der Waals surface area contributed by atoms with Crippen LogP contribution < -0.4 is 0 Å². The fourth-order valence-corrected chi connectivity index (χ4v) is 1.42. The summed E-state index contributed by atoms with van der Waals surface area (Å²) in [7, 11) is 0.